The Kier molecular flexibility index (Phi) is 7.05. The van der Waals surface area contributed by atoms with Gasteiger partial charge in [-0.3, -0.25) is 4.79 Å². The first-order valence-electron chi connectivity index (χ1n) is 6.70. The van der Waals surface area contributed by atoms with Crippen molar-refractivity contribution in [1.82, 2.24) is 0 Å². The topological polar surface area (TPSA) is 78.6 Å². The highest BCUT2D eigenvalue weighted by molar-refractivity contribution is 5.80. The van der Waals surface area contributed by atoms with Crippen LogP contribution in [0.3, 0.4) is 0 Å². The normalized spacial score (nSPS) is 14.9. The molecule has 2 atom stereocenters. The second-order valence-electron chi connectivity index (χ2n) is 6.23. The highest BCUT2D eigenvalue weighted by Crippen LogP contribution is 2.16. The van der Waals surface area contributed by atoms with Gasteiger partial charge in [0.15, 0.2) is 6.10 Å². The molecule has 0 amide bonds. The second-order valence-corrected chi connectivity index (χ2v) is 6.23. The Morgan fingerprint density at radius 2 is 1.63 bits per heavy atom. The van der Waals surface area contributed by atoms with Crippen molar-refractivity contribution in [1.29, 1.82) is 0 Å². The van der Waals surface area contributed by atoms with Crippen molar-refractivity contribution >= 4 is 11.9 Å². The molecule has 19 heavy (non-hydrogen) atoms. The molecule has 0 fully saturated rings. The highest BCUT2D eigenvalue weighted by Gasteiger charge is 2.30. The minimum Gasteiger partial charge on any atom is -0.457 e. The molecule has 0 rings (SSSR count). The summed E-state index contributed by atoms with van der Waals surface area (Å²) in [6.45, 7) is 11.1. The summed E-state index contributed by atoms with van der Waals surface area (Å²) in [5.41, 5.74) is 4.81. The molecule has 0 saturated heterocycles. The highest BCUT2D eigenvalue weighted by atomic mass is 16.6. The fourth-order valence-electron chi connectivity index (χ4n) is 1.34. The Labute approximate surface area is 115 Å². The molecule has 0 radical (unpaired) electrons. The number of nitrogens with two attached hydrogens (primary N) is 1. The number of rotatable bonds is 6. The Hall–Kier alpha value is -1.10. The van der Waals surface area contributed by atoms with Gasteiger partial charge in [-0.2, -0.15) is 0 Å². The average Bonchev–Trinajstić information content (AvgIpc) is 2.23. The first kappa shape index (κ1) is 17.9. The smallest absolute Gasteiger partial charge is 0.347 e. The minimum atomic E-state index is -0.860. The summed E-state index contributed by atoms with van der Waals surface area (Å²) in [6.07, 6.45) is -0.418. The van der Waals surface area contributed by atoms with Gasteiger partial charge < -0.3 is 15.2 Å². The molecule has 0 aliphatic rings. The van der Waals surface area contributed by atoms with Crippen LogP contribution >= 0.6 is 0 Å². The molecule has 112 valence electrons. The van der Waals surface area contributed by atoms with E-state index in [0.29, 0.717) is 6.42 Å². The predicted octanol–water partition coefficient (Wildman–Crippen LogP) is 1.88. The number of carbonyl (C=O) groups is 2. The van der Waals surface area contributed by atoms with Crippen LogP contribution in [0.25, 0.3) is 0 Å². The van der Waals surface area contributed by atoms with Gasteiger partial charge in [0.2, 0.25) is 0 Å². The van der Waals surface area contributed by atoms with Gasteiger partial charge in [0.05, 0.1) is 5.92 Å². The van der Waals surface area contributed by atoms with Crippen molar-refractivity contribution in [3.63, 3.8) is 0 Å². The van der Waals surface area contributed by atoms with Crippen LogP contribution in [0.1, 0.15) is 48.0 Å². The van der Waals surface area contributed by atoms with E-state index in [-0.39, 0.29) is 12.5 Å². The number of ether oxygens (including phenoxy) is 2. The molecule has 0 bridgehead atoms. The van der Waals surface area contributed by atoms with Gasteiger partial charge in [0.25, 0.3) is 0 Å². The zero-order valence-electron chi connectivity index (χ0n) is 12.9. The van der Waals surface area contributed by atoms with Gasteiger partial charge in [-0.15, -0.1) is 0 Å². The number of hydrogen-bond acceptors (Lipinski definition) is 5. The summed E-state index contributed by atoms with van der Waals surface area (Å²) in [7, 11) is 0. The molecule has 5 nitrogen and oxygen atoms in total. The summed E-state index contributed by atoms with van der Waals surface area (Å²) in [6, 6.07) is 0. The van der Waals surface area contributed by atoms with Gasteiger partial charge >= 0.3 is 11.9 Å². The molecular weight excluding hydrogens is 246 g/mol. The zero-order chi connectivity index (χ0) is 15.2. The van der Waals surface area contributed by atoms with E-state index in [0.717, 1.165) is 0 Å². The lowest BCUT2D eigenvalue weighted by atomic mass is 10.1. The fraction of sp³-hybridized carbons (Fsp3) is 0.857. The monoisotopic (exact) mass is 273 g/mol. The zero-order valence-corrected chi connectivity index (χ0v) is 12.9. The summed E-state index contributed by atoms with van der Waals surface area (Å²) in [4.78, 5) is 23.7. The van der Waals surface area contributed by atoms with Crippen molar-refractivity contribution in [2.45, 2.75) is 59.7 Å². The van der Waals surface area contributed by atoms with Gasteiger partial charge in [0.1, 0.15) is 5.60 Å². The van der Waals surface area contributed by atoms with E-state index < -0.39 is 29.6 Å². The molecule has 0 saturated carbocycles. The van der Waals surface area contributed by atoms with Crippen LogP contribution < -0.4 is 5.73 Å². The van der Waals surface area contributed by atoms with Crippen LogP contribution in [0.4, 0.5) is 0 Å². The Bertz CT molecular complexity index is 307. The molecular formula is C14H27NO4. The van der Waals surface area contributed by atoms with E-state index in [9.17, 15) is 9.59 Å². The summed E-state index contributed by atoms with van der Waals surface area (Å²) < 4.78 is 10.5. The first-order valence-corrected chi connectivity index (χ1v) is 6.70. The second kappa shape index (κ2) is 7.48. The maximum absolute atomic E-state index is 12.0. The molecule has 0 aromatic rings. The third-order valence-corrected chi connectivity index (χ3v) is 2.37. The molecule has 5 heteroatoms. The lowest BCUT2D eigenvalue weighted by Crippen LogP contribution is -2.37. The van der Waals surface area contributed by atoms with Crippen LogP contribution in [0.5, 0.6) is 0 Å². The Morgan fingerprint density at radius 3 is 2.00 bits per heavy atom. The van der Waals surface area contributed by atoms with Gasteiger partial charge in [-0.05, 0) is 33.1 Å². The van der Waals surface area contributed by atoms with Crippen molar-refractivity contribution in [2.75, 3.05) is 6.54 Å². The lowest BCUT2D eigenvalue weighted by Gasteiger charge is -2.25. The number of hydrogen-bond donors (Lipinski definition) is 1. The summed E-state index contributed by atoms with van der Waals surface area (Å²) in [5.74, 6) is -1.16. The lowest BCUT2D eigenvalue weighted by molar-refractivity contribution is -0.178. The van der Waals surface area contributed by atoms with Gasteiger partial charge in [0, 0.05) is 6.54 Å². The third kappa shape index (κ3) is 7.82. The van der Waals surface area contributed by atoms with Crippen LogP contribution in [0, 0.1) is 11.8 Å². The number of esters is 2. The van der Waals surface area contributed by atoms with Crippen molar-refractivity contribution < 1.29 is 19.1 Å². The molecule has 2 N–H and O–H groups in total. The SMILES string of the molecule is CC(C)C[C@H](OC(=O)[C@H](C)CN)C(=O)OC(C)(C)C. The van der Waals surface area contributed by atoms with E-state index in [2.05, 4.69) is 0 Å². The molecule has 0 unspecified atom stereocenters. The van der Waals surface area contributed by atoms with Gasteiger partial charge in [-0.25, -0.2) is 4.79 Å². The molecule has 0 aliphatic carbocycles. The van der Waals surface area contributed by atoms with Gasteiger partial charge in [-0.1, -0.05) is 20.8 Å². The van der Waals surface area contributed by atoms with Crippen molar-refractivity contribution in [3.8, 4) is 0 Å². The average molecular weight is 273 g/mol. The summed E-state index contributed by atoms with van der Waals surface area (Å²) in [5, 5.41) is 0. The van der Waals surface area contributed by atoms with E-state index in [1.165, 1.54) is 0 Å². The Morgan fingerprint density at radius 1 is 1.11 bits per heavy atom. The van der Waals surface area contributed by atoms with Crippen LogP contribution in [-0.2, 0) is 19.1 Å². The standard InChI is InChI=1S/C14H27NO4/c1-9(2)7-11(13(17)19-14(4,5)6)18-12(16)10(3)8-15/h9-11H,7-8,15H2,1-6H3/t10-,11+/m1/s1. The third-order valence-electron chi connectivity index (χ3n) is 2.37. The minimum absolute atomic E-state index is 0.196. The summed E-state index contributed by atoms with van der Waals surface area (Å²) >= 11 is 0. The molecule has 0 aromatic heterocycles. The molecule has 0 spiro atoms. The largest absolute Gasteiger partial charge is 0.457 e. The molecule has 0 heterocycles. The maximum Gasteiger partial charge on any atom is 0.347 e. The van der Waals surface area contributed by atoms with E-state index >= 15 is 0 Å². The Balaban J connectivity index is 4.72. The van der Waals surface area contributed by atoms with Crippen molar-refractivity contribution in [3.05, 3.63) is 0 Å². The van der Waals surface area contributed by atoms with E-state index in [1.54, 1.807) is 27.7 Å². The van der Waals surface area contributed by atoms with E-state index in [1.807, 2.05) is 13.8 Å². The predicted molar refractivity (Wildman–Crippen MR) is 73.4 cm³/mol. The van der Waals surface area contributed by atoms with Crippen LogP contribution in [-0.4, -0.2) is 30.2 Å². The quantitative estimate of drug-likeness (QED) is 0.747. The van der Waals surface area contributed by atoms with Crippen molar-refractivity contribution in [2.24, 2.45) is 17.6 Å². The molecule has 0 aliphatic heterocycles. The fourth-order valence-corrected chi connectivity index (χ4v) is 1.34. The van der Waals surface area contributed by atoms with Crippen LogP contribution in [0.2, 0.25) is 0 Å². The van der Waals surface area contributed by atoms with E-state index in [4.69, 9.17) is 15.2 Å². The maximum atomic E-state index is 12.0. The van der Waals surface area contributed by atoms with Crippen LogP contribution in [0.15, 0.2) is 0 Å². The molecule has 0 aromatic carbocycles. The first-order chi connectivity index (χ1) is 8.56. The number of carbonyl (C=O) groups excluding carboxylic acids is 2.